The molecule has 2 amide bonds. The number of nitrogens with zero attached hydrogens (tertiary/aromatic N) is 3. The van der Waals surface area contributed by atoms with Crippen LogP contribution >= 0.6 is 0 Å². The summed E-state index contributed by atoms with van der Waals surface area (Å²) in [4.78, 5) is 33.3. The van der Waals surface area contributed by atoms with Crippen LogP contribution in [0.25, 0.3) is 11.4 Å². The highest BCUT2D eigenvalue weighted by molar-refractivity contribution is 5.98. The number of anilines is 2. The molecule has 1 aliphatic rings. The number of hydrogen-bond donors (Lipinski definition) is 3. The molecule has 5 rings (SSSR count). The number of alkyl halides is 3. The van der Waals surface area contributed by atoms with Gasteiger partial charge in [0.1, 0.15) is 5.69 Å². The molecule has 0 atom stereocenters. The van der Waals surface area contributed by atoms with Gasteiger partial charge in [0.05, 0.1) is 28.8 Å². The maximum absolute atomic E-state index is 12.8. The van der Waals surface area contributed by atoms with E-state index in [1.807, 2.05) is 11.6 Å². The van der Waals surface area contributed by atoms with Crippen molar-refractivity contribution < 1.29 is 22.8 Å². The summed E-state index contributed by atoms with van der Waals surface area (Å²) in [7, 11) is 1.86. The summed E-state index contributed by atoms with van der Waals surface area (Å²) in [6.07, 6.45) is -2.31. The van der Waals surface area contributed by atoms with Crippen molar-refractivity contribution in [1.29, 1.82) is 0 Å². The minimum absolute atomic E-state index is 0.0712. The Morgan fingerprint density at radius 3 is 2.65 bits per heavy atom. The van der Waals surface area contributed by atoms with Gasteiger partial charge in [-0.2, -0.15) is 13.2 Å². The third kappa shape index (κ3) is 5.66. The lowest BCUT2D eigenvalue weighted by Gasteiger charge is -2.14. The lowest BCUT2D eigenvalue weighted by atomic mass is 10.1. The number of nitrogens with one attached hydrogen (secondary N) is 2. The molecule has 3 heterocycles. The summed E-state index contributed by atoms with van der Waals surface area (Å²) in [6.45, 7) is 0.554. The van der Waals surface area contributed by atoms with Crippen LogP contribution in [0.5, 0.6) is 0 Å². The number of carbonyl (C=O) groups is 2. The maximum Gasteiger partial charge on any atom is 0.416 e. The standard InChI is InChI=1S/C29H23F3N6O2/c1-38-23-11-12-34-27(40)22(23)15-24(38)26-19(16-35-28(33)37-26)8-5-17-3-2-4-21(13-17)36-25(39)14-18-6-9-20(10-7-18)29(30,31)32/h2-4,6-7,9-10,13,15-16H,11-12,14H2,1H3,(H,34,40)(H,36,39)(H2,33,35,37). The molecule has 1 aliphatic heterocycles. The molecule has 11 heteroatoms. The smallest absolute Gasteiger partial charge is 0.368 e. The monoisotopic (exact) mass is 544 g/mol. The van der Waals surface area contributed by atoms with Crippen molar-refractivity contribution >= 4 is 23.5 Å². The topological polar surface area (TPSA) is 115 Å². The average molecular weight is 545 g/mol. The van der Waals surface area contributed by atoms with Crippen LogP contribution in [0.4, 0.5) is 24.8 Å². The zero-order valence-electron chi connectivity index (χ0n) is 21.3. The van der Waals surface area contributed by atoms with Crippen molar-refractivity contribution in [3.63, 3.8) is 0 Å². The van der Waals surface area contributed by atoms with Crippen LogP contribution < -0.4 is 16.4 Å². The van der Waals surface area contributed by atoms with E-state index in [0.717, 1.165) is 17.8 Å². The molecule has 4 N–H and O–H groups in total. The Bertz CT molecular complexity index is 1680. The van der Waals surface area contributed by atoms with E-state index in [9.17, 15) is 22.8 Å². The number of rotatable bonds is 4. The van der Waals surface area contributed by atoms with E-state index in [2.05, 4.69) is 32.4 Å². The Morgan fingerprint density at radius 1 is 1.15 bits per heavy atom. The quantitative estimate of drug-likeness (QED) is 0.337. The molecule has 0 saturated carbocycles. The third-order valence-corrected chi connectivity index (χ3v) is 6.43. The van der Waals surface area contributed by atoms with Gasteiger partial charge in [-0.15, -0.1) is 0 Å². The number of nitrogen functional groups attached to an aromatic ring is 1. The lowest BCUT2D eigenvalue weighted by molar-refractivity contribution is -0.137. The van der Waals surface area contributed by atoms with E-state index >= 15 is 0 Å². The Balaban J connectivity index is 1.35. The number of benzene rings is 2. The largest absolute Gasteiger partial charge is 0.416 e. The fourth-order valence-electron chi connectivity index (χ4n) is 4.46. The molecule has 40 heavy (non-hydrogen) atoms. The molecule has 202 valence electrons. The highest BCUT2D eigenvalue weighted by atomic mass is 19.4. The molecule has 2 aromatic heterocycles. The van der Waals surface area contributed by atoms with Crippen LogP contribution in [0.3, 0.4) is 0 Å². The maximum atomic E-state index is 12.8. The number of halogens is 3. The molecule has 0 radical (unpaired) electrons. The van der Waals surface area contributed by atoms with Gasteiger partial charge in [0.2, 0.25) is 11.9 Å². The number of fused-ring (bicyclic) bond motifs is 1. The number of amides is 2. The Hall–Kier alpha value is -5.11. The molecule has 0 unspecified atom stereocenters. The fraction of sp³-hybridized carbons (Fsp3) is 0.172. The van der Waals surface area contributed by atoms with E-state index < -0.39 is 11.7 Å². The van der Waals surface area contributed by atoms with E-state index in [1.165, 1.54) is 18.3 Å². The van der Waals surface area contributed by atoms with Crippen molar-refractivity contribution in [1.82, 2.24) is 19.9 Å². The van der Waals surface area contributed by atoms with Gasteiger partial charge in [-0.05, 0) is 42.0 Å². The first kappa shape index (κ1) is 26.5. The molecule has 0 aliphatic carbocycles. The molecular formula is C29H23F3N6O2. The van der Waals surface area contributed by atoms with Crippen molar-refractivity contribution in [2.75, 3.05) is 17.6 Å². The summed E-state index contributed by atoms with van der Waals surface area (Å²) in [5, 5.41) is 5.58. The molecule has 8 nitrogen and oxygen atoms in total. The highest BCUT2D eigenvalue weighted by Gasteiger charge is 2.30. The van der Waals surface area contributed by atoms with Gasteiger partial charge >= 0.3 is 6.18 Å². The van der Waals surface area contributed by atoms with E-state index in [1.54, 1.807) is 30.3 Å². The zero-order chi connectivity index (χ0) is 28.4. The van der Waals surface area contributed by atoms with Gasteiger partial charge in [0.25, 0.3) is 5.91 Å². The predicted octanol–water partition coefficient (Wildman–Crippen LogP) is 3.95. The number of nitrogens with two attached hydrogens (primary N) is 1. The van der Waals surface area contributed by atoms with Crippen LogP contribution in [0.1, 0.15) is 38.3 Å². The second-order valence-corrected chi connectivity index (χ2v) is 9.20. The van der Waals surface area contributed by atoms with Crippen molar-refractivity contribution in [2.45, 2.75) is 19.0 Å². The van der Waals surface area contributed by atoms with Crippen LogP contribution in [0, 0.1) is 11.8 Å². The first-order valence-electron chi connectivity index (χ1n) is 12.3. The summed E-state index contributed by atoms with van der Waals surface area (Å²) in [6, 6.07) is 13.1. The zero-order valence-corrected chi connectivity index (χ0v) is 21.3. The second-order valence-electron chi connectivity index (χ2n) is 9.20. The number of carbonyl (C=O) groups excluding carboxylic acids is 2. The van der Waals surface area contributed by atoms with Crippen LogP contribution in [0.2, 0.25) is 0 Å². The minimum atomic E-state index is -4.43. The molecule has 0 fully saturated rings. The van der Waals surface area contributed by atoms with Crippen LogP contribution in [-0.4, -0.2) is 32.9 Å². The Kier molecular flexibility index (Phi) is 7.00. The SMILES string of the molecule is Cn1c(-c2nc(N)ncc2C#Cc2cccc(NC(=O)Cc3ccc(C(F)(F)F)cc3)c2)cc2c1CCNC2=O. The number of hydrogen-bond acceptors (Lipinski definition) is 5. The van der Waals surface area contributed by atoms with E-state index in [0.29, 0.717) is 52.3 Å². The first-order chi connectivity index (χ1) is 19.1. The fourth-order valence-corrected chi connectivity index (χ4v) is 4.46. The summed E-state index contributed by atoms with van der Waals surface area (Å²) >= 11 is 0. The van der Waals surface area contributed by atoms with Gasteiger partial charge in [0.15, 0.2) is 0 Å². The Morgan fingerprint density at radius 2 is 1.93 bits per heavy atom. The van der Waals surface area contributed by atoms with Gasteiger partial charge in [-0.3, -0.25) is 9.59 Å². The average Bonchev–Trinajstić information content (AvgIpc) is 3.25. The minimum Gasteiger partial charge on any atom is -0.368 e. The predicted molar refractivity (Wildman–Crippen MR) is 143 cm³/mol. The van der Waals surface area contributed by atoms with E-state index in [-0.39, 0.29) is 24.2 Å². The van der Waals surface area contributed by atoms with Crippen molar-refractivity contribution in [3.05, 3.63) is 94.3 Å². The first-order valence-corrected chi connectivity index (χ1v) is 12.3. The van der Waals surface area contributed by atoms with Crippen molar-refractivity contribution in [2.24, 2.45) is 7.05 Å². The molecule has 0 spiro atoms. The molecule has 2 aromatic carbocycles. The molecular weight excluding hydrogens is 521 g/mol. The molecule has 0 bridgehead atoms. The van der Waals surface area contributed by atoms with Gasteiger partial charge in [0, 0.05) is 43.2 Å². The Labute approximate surface area is 227 Å². The van der Waals surface area contributed by atoms with Crippen molar-refractivity contribution in [3.8, 4) is 23.2 Å². The van der Waals surface area contributed by atoms with Gasteiger partial charge in [-0.1, -0.05) is 30.0 Å². The lowest BCUT2D eigenvalue weighted by Crippen LogP contribution is -2.31. The van der Waals surface area contributed by atoms with Gasteiger partial charge < -0.3 is 20.9 Å². The van der Waals surface area contributed by atoms with E-state index in [4.69, 9.17) is 5.73 Å². The highest BCUT2D eigenvalue weighted by Crippen LogP contribution is 2.30. The van der Waals surface area contributed by atoms with Crippen LogP contribution in [0.15, 0.2) is 60.8 Å². The summed E-state index contributed by atoms with van der Waals surface area (Å²) < 4.78 is 40.2. The normalized spacial score (nSPS) is 12.7. The van der Waals surface area contributed by atoms with Gasteiger partial charge in [-0.25, -0.2) is 9.97 Å². The summed E-state index contributed by atoms with van der Waals surface area (Å²) in [5.41, 5.74) is 9.80. The molecule has 4 aromatic rings. The third-order valence-electron chi connectivity index (χ3n) is 6.43. The number of aromatic nitrogens is 3. The summed E-state index contributed by atoms with van der Waals surface area (Å²) in [5.74, 6) is 5.66. The molecule has 0 saturated heterocycles. The van der Waals surface area contributed by atoms with Crippen LogP contribution in [-0.2, 0) is 30.9 Å². The second kappa shape index (κ2) is 10.6.